The first kappa shape index (κ1) is 17.1. The van der Waals surface area contributed by atoms with Gasteiger partial charge >= 0.3 is 0 Å². The molecule has 0 fully saturated rings. The molecular formula is C16H22N4O2S. The Labute approximate surface area is 140 Å². The molecule has 0 radical (unpaired) electrons. The summed E-state index contributed by atoms with van der Waals surface area (Å²) in [6.07, 6.45) is 2.52. The number of nitrogens with one attached hydrogen (secondary N) is 3. The molecule has 23 heavy (non-hydrogen) atoms. The van der Waals surface area contributed by atoms with Crippen molar-refractivity contribution in [3.8, 4) is 0 Å². The summed E-state index contributed by atoms with van der Waals surface area (Å²) in [7, 11) is 0. The summed E-state index contributed by atoms with van der Waals surface area (Å²) in [5.41, 5.74) is 0. The topological polar surface area (TPSA) is 78.7 Å². The number of furan rings is 1. The maximum atomic E-state index is 11.8. The highest BCUT2D eigenvalue weighted by Crippen LogP contribution is 2.07. The minimum Gasteiger partial charge on any atom is -0.467 e. The summed E-state index contributed by atoms with van der Waals surface area (Å²) < 4.78 is 5.16. The van der Waals surface area contributed by atoms with Gasteiger partial charge in [0, 0.05) is 18.0 Å². The number of nitrogens with zero attached hydrogens (tertiary/aromatic N) is 1. The monoisotopic (exact) mass is 334 g/mol. The van der Waals surface area contributed by atoms with Gasteiger partial charge in [0.1, 0.15) is 12.3 Å². The highest BCUT2D eigenvalue weighted by Gasteiger charge is 2.03. The second kappa shape index (κ2) is 9.68. The second-order valence-electron chi connectivity index (χ2n) is 4.81. The Morgan fingerprint density at radius 1 is 1.26 bits per heavy atom. The third-order valence-corrected chi connectivity index (χ3v) is 3.95. The molecule has 0 aromatic carbocycles. The molecule has 0 aliphatic heterocycles. The van der Waals surface area contributed by atoms with Crippen molar-refractivity contribution in [1.29, 1.82) is 0 Å². The summed E-state index contributed by atoms with van der Waals surface area (Å²) in [4.78, 5) is 17.4. The van der Waals surface area contributed by atoms with Gasteiger partial charge in [0.25, 0.3) is 0 Å². The second-order valence-corrected chi connectivity index (χ2v) is 5.84. The van der Waals surface area contributed by atoms with E-state index in [-0.39, 0.29) is 12.5 Å². The molecule has 2 aromatic heterocycles. The summed E-state index contributed by atoms with van der Waals surface area (Å²) >= 11 is 1.74. The fraction of sp³-hybridized carbons (Fsp3) is 0.375. The van der Waals surface area contributed by atoms with Crippen molar-refractivity contribution in [1.82, 2.24) is 16.0 Å². The third kappa shape index (κ3) is 6.56. The molecule has 124 valence electrons. The van der Waals surface area contributed by atoms with Crippen LogP contribution < -0.4 is 16.0 Å². The van der Waals surface area contributed by atoms with E-state index in [0.29, 0.717) is 12.5 Å². The van der Waals surface area contributed by atoms with Gasteiger partial charge in [-0.15, -0.1) is 11.3 Å². The highest BCUT2D eigenvalue weighted by atomic mass is 32.1. The first-order valence-corrected chi connectivity index (χ1v) is 8.49. The van der Waals surface area contributed by atoms with E-state index in [2.05, 4.69) is 32.4 Å². The number of guanidine groups is 1. The van der Waals surface area contributed by atoms with Gasteiger partial charge in [-0.1, -0.05) is 6.07 Å². The lowest BCUT2D eigenvalue weighted by Gasteiger charge is -2.10. The molecule has 0 atom stereocenters. The lowest BCUT2D eigenvalue weighted by molar-refractivity contribution is -0.119. The predicted molar refractivity (Wildman–Crippen MR) is 92.6 cm³/mol. The van der Waals surface area contributed by atoms with Gasteiger partial charge in [-0.25, -0.2) is 4.99 Å². The van der Waals surface area contributed by atoms with Crippen LogP contribution in [0.5, 0.6) is 0 Å². The molecule has 0 saturated carbocycles. The van der Waals surface area contributed by atoms with E-state index >= 15 is 0 Å². The molecule has 0 aliphatic rings. The van der Waals surface area contributed by atoms with E-state index in [1.54, 1.807) is 23.7 Å². The van der Waals surface area contributed by atoms with Crippen molar-refractivity contribution in [2.45, 2.75) is 19.9 Å². The van der Waals surface area contributed by atoms with Crippen molar-refractivity contribution >= 4 is 23.2 Å². The molecule has 2 aromatic rings. The maximum Gasteiger partial charge on any atom is 0.242 e. The van der Waals surface area contributed by atoms with Crippen molar-refractivity contribution in [3.63, 3.8) is 0 Å². The zero-order valence-corrected chi connectivity index (χ0v) is 14.0. The molecule has 0 unspecified atom stereocenters. The Morgan fingerprint density at radius 3 is 2.87 bits per heavy atom. The average Bonchev–Trinajstić information content (AvgIpc) is 3.24. The molecule has 6 nitrogen and oxygen atoms in total. The van der Waals surface area contributed by atoms with Crippen LogP contribution in [0.4, 0.5) is 0 Å². The van der Waals surface area contributed by atoms with Gasteiger partial charge in [0.15, 0.2) is 5.96 Å². The zero-order chi connectivity index (χ0) is 16.3. The normalized spacial score (nSPS) is 11.3. The van der Waals surface area contributed by atoms with E-state index in [0.717, 1.165) is 25.3 Å². The SMILES string of the molecule is CCNC(=NCC(=O)NCc1ccco1)NCCc1cccs1. The minimum absolute atomic E-state index is 0.0784. The largest absolute Gasteiger partial charge is 0.467 e. The lowest BCUT2D eigenvalue weighted by atomic mass is 10.3. The summed E-state index contributed by atoms with van der Waals surface area (Å²) in [5, 5.41) is 11.2. The van der Waals surface area contributed by atoms with Crippen molar-refractivity contribution in [2.75, 3.05) is 19.6 Å². The van der Waals surface area contributed by atoms with Gasteiger partial charge in [0.2, 0.25) is 5.91 Å². The molecule has 3 N–H and O–H groups in total. The molecule has 0 spiro atoms. The fourth-order valence-corrected chi connectivity index (χ4v) is 2.62. The number of hydrogen-bond donors (Lipinski definition) is 3. The first-order chi connectivity index (χ1) is 11.3. The number of carbonyl (C=O) groups excluding carboxylic acids is 1. The Bertz CT molecular complexity index is 594. The van der Waals surface area contributed by atoms with Gasteiger partial charge < -0.3 is 20.4 Å². The van der Waals surface area contributed by atoms with E-state index in [1.165, 1.54) is 4.88 Å². The maximum absolute atomic E-state index is 11.8. The molecule has 0 saturated heterocycles. The van der Waals surface area contributed by atoms with Crippen LogP contribution in [-0.4, -0.2) is 31.5 Å². The molecule has 0 aliphatic carbocycles. The van der Waals surface area contributed by atoms with Crippen LogP contribution in [-0.2, 0) is 17.8 Å². The number of hydrogen-bond acceptors (Lipinski definition) is 4. The Hall–Kier alpha value is -2.28. The molecule has 1 amide bonds. The van der Waals surface area contributed by atoms with Crippen LogP contribution in [0.25, 0.3) is 0 Å². The smallest absolute Gasteiger partial charge is 0.242 e. The molecule has 2 heterocycles. The van der Waals surface area contributed by atoms with Gasteiger partial charge in [0.05, 0.1) is 12.8 Å². The quantitative estimate of drug-likeness (QED) is 0.508. The predicted octanol–water partition coefficient (Wildman–Crippen LogP) is 1.76. The minimum atomic E-state index is -0.142. The zero-order valence-electron chi connectivity index (χ0n) is 13.2. The highest BCUT2D eigenvalue weighted by molar-refractivity contribution is 7.09. The average molecular weight is 334 g/mol. The van der Waals surface area contributed by atoms with Crippen LogP contribution in [0.1, 0.15) is 17.6 Å². The summed E-state index contributed by atoms with van der Waals surface area (Å²) in [6.45, 7) is 3.98. The number of rotatable bonds is 8. The van der Waals surface area contributed by atoms with Gasteiger partial charge in [-0.3, -0.25) is 4.79 Å². The Kier molecular flexibility index (Phi) is 7.19. The third-order valence-electron chi connectivity index (χ3n) is 3.01. The number of aliphatic imine (C=N–C) groups is 1. The van der Waals surface area contributed by atoms with E-state index in [1.807, 2.05) is 19.1 Å². The van der Waals surface area contributed by atoms with Crippen LogP contribution in [0.3, 0.4) is 0 Å². The van der Waals surface area contributed by atoms with Crippen LogP contribution in [0, 0.1) is 0 Å². The van der Waals surface area contributed by atoms with E-state index < -0.39 is 0 Å². The number of amides is 1. The van der Waals surface area contributed by atoms with E-state index in [9.17, 15) is 4.79 Å². The first-order valence-electron chi connectivity index (χ1n) is 7.61. The molecule has 7 heteroatoms. The summed E-state index contributed by atoms with van der Waals surface area (Å²) in [5.74, 6) is 1.23. The number of thiophene rings is 1. The Morgan fingerprint density at radius 2 is 2.17 bits per heavy atom. The van der Waals surface area contributed by atoms with Crippen molar-refractivity contribution in [3.05, 3.63) is 46.5 Å². The van der Waals surface area contributed by atoms with Crippen molar-refractivity contribution < 1.29 is 9.21 Å². The standard InChI is InChI=1S/C16H22N4O2S/c1-2-17-16(18-8-7-14-6-4-10-23-14)20-12-15(21)19-11-13-5-3-9-22-13/h3-6,9-10H,2,7-8,11-12H2,1H3,(H,19,21)(H2,17,18,20). The van der Waals surface area contributed by atoms with Gasteiger partial charge in [-0.2, -0.15) is 0 Å². The Balaban J connectivity index is 1.72. The van der Waals surface area contributed by atoms with E-state index in [4.69, 9.17) is 4.42 Å². The summed E-state index contributed by atoms with van der Waals surface area (Å²) in [6, 6.07) is 7.77. The lowest BCUT2D eigenvalue weighted by Crippen LogP contribution is -2.39. The van der Waals surface area contributed by atoms with Crippen LogP contribution in [0.2, 0.25) is 0 Å². The van der Waals surface area contributed by atoms with Crippen LogP contribution >= 0.6 is 11.3 Å². The fourth-order valence-electron chi connectivity index (χ4n) is 1.91. The van der Waals surface area contributed by atoms with Crippen LogP contribution in [0.15, 0.2) is 45.3 Å². The van der Waals surface area contributed by atoms with Crippen molar-refractivity contribution in [2.24, 2.45) is 4.99 Å². The molecular weight excluding hydrogens is 312 g/mol. The molecule has 0 bridgehead atoms. The van der Waals surface area contributed by atoms with Gasteiger partial charge in [-0.05, 0) is 36.9 Å². The number of carbonyl (C=O) groups is 1. The molecule has 2 rings (SSSR count).